The van der Waals surface area contributed by atoms with Crippen LogP contribution in [-0.4, -0.2) is 19.6 Å². The molecule has 0 saturated carbocycles. The molecular weight excluding hydrogens is 1080 g/mol. The molecule has 4 nitrogen and oxygen atoms in total. The SMILES string of the molecule is [2H]C(C)(C)c1ccc(-c2ccnc(-c3[c-]c(-c4cccc5c4nc(-c4cc(C(C)(C)C)cc(C(C)(C)C)c4O)n5-c4cc(-c5ccccc5)c(C(C)(C)C)cc4-c4ccccc4)cc(-c4ccccc4)c3)c2)cc1.[Pt]. The molecule has 0 unspecified atom stereocenters. The summed E-state index contributed by atoms with van der Waals surface area (Å²) < 4.78 is 10.9. The standard InChI is InChI=1S/C69H66N3O.Pt/c1-44(2)45-30-32-47(33-31-45)50-34-35-70-61(39-50)53-37-51(46-22-15-12-16-23-46)36-52(38-53)55-28-21-29-62-64(55)71-66(58-40-54(67(3,4)5)41-60(65(58)73)69(9,10)11)72(62)63-43-56(48-24-17-13-18-25-48)59(68(6,7)8)42-57(63)49-26-19-14-20-27-49;/h12-37,39-44,73H,1-11H3;/q-1;/i44D;. The van der Waals surface area contributed by atoms with Gasteiger partial charge in [0.2, 0.25) is 0 Å². The molecule has 0 aliphatic carbocycles. The number of fused-ring (bicyclic) bond motifs is 1. The zero-order valence-electron chi connectivity index (χ0n) is 45.5. The van der Waals surface area contributed by atoms with Crippen LogP contribution in [0, 0.1) is 6.07 Å². The first-order chi connectivity index (χ1) is 35.1. The van der Waals surface area contributed by atoms with Crippen LogP contribution < -0.4 is 0 Å². The Labute approximate surface area is 454 Å². The summed E-state index contributed by atoms with van der Waals surface area (Å²) >= 11 is 0. The molecule has 0 aliphatic rings. The maximum absolute atomic E-state index is 12.8. The number of hydrogen-bond acceptors (Lipinski definition) is 3. The number of hydrogen-bond donors (Lipinski definition) is 1. The van der Waals surface area contributed by atoms with Crippen LogP contribution in [0.1, 0.15) is 106 Å². The Morgan fingerprint density at radius 1 is 0.500 bits per heavy atom. The predicted octanol–water partition coefficient (Wildman–Crippen LogP) is 18.6. The average Bonchev–Trinajstić information content (AvgIpc) is 3.78. The summed E-state index contributed by atoms with van der Waals surface area (Å²) in [5.41, 5.74) is 18.7. The molecule has 2 aromatic heterocycles. The first-order valence-electron chi connectivity index (χ1n) is 26.0. The fraction of sp³-hybridized carbons (Fsp3) is 0.217. The molecule has 10 rings (SSSR count). The molecule has 0 bridgehead atoms. The van der Waals surface area contributed by atoms with E-state index in [1.807, 2.05) is 44.3 Å². The largest absolute Gasteiger partial charge is 0.507 e. The van der Waals surface area contributed by atoms with Gasteiger partial charge in [0, 0.05) is 45.5 Å². The van der Waals surface area contributed by atoms with E-state index in [1.54, 1.807) is 0 Å². The summed E-state index contributed by atoms with van der Waals surface area (Å²) in [5.74, 6) is 0.182. The zero-order chi connectivity index (χ0) is 52.3. The third kappa shape index (κ3) is 10.2. The molecule has 0 amide bonds. The van der Waals surface area contributed by atoms with E-state index in [2.05, 4.69) is 231 Å². The van der Waals surface area contributed by atoms with Crippen molar-refractivity contribution in [3.05, 3.63) is 217 Å². The molecule has 0 atom stereocenters. The van der Waals surface area contributed by atoms with Gasteiger partial charge in [-0.3, -0.25) is 9.55 Å². The van der Waals surface area contributed by atoms with Gasteiger partial charge in [0.25, 0.3) is 0 Å². The van der Waals surface area contributed by atoms with Gasteiger partial charge in [0.05, 0.1) is 22.3 Å². The molecule has 1 N–H and O–H groups in total. The van der Waals surface area contributed by atoms with Crippen LogP contribution in [0.2, 0.25) is 0 Å². The average molecular weight is 1150 g/mol. The molecule has 10 aromatic rings. The third-order valence-electron chi connectivity index (χ3n) is 14.2. The van der Waals surface area contributed by atoms with E-state index in [0.29, 0.717) is 11.4 Å². The topological polar surface area (TPSA) is 50.9 Å². The Morgan fingerprint density at radius 2 is 1.08 bits per heavy atom. The summed E-state index contributed by atoms with van der Waals surface area (Å²) in [4.78, 5) is 10.8. The fourth-order valence-corrected chi connectivity index (χ4v) is 10.1. The van der Waals surface area contributed by atoms with E-state index < -0.39 is 5.89 Å². The number of imidazole rings is 1. The second-order valence-corrected chi connectivity index (χ2v) is 22.8. The molecule has 0 saturated heterocycles. The van der Waals surface area contributed by atoms with Gasteiger partial charge in [-0.1, -0.05) is 232 Å². The van der Waals surface area contributed by atoms with Gasteiger partial charge in [0.1, 0.15) is 11.6 Å². The number of aromatic nitrogens is 3. The minimum absolute atomic E-state index is 0. The summed E-state index contributed by atoms with van der Waals surface area (Å²) in [5, 5.41) is 12.8. The van der Waals surface area contributed by atoms with Gasteiger partial charge in [-0.25, -0.2) is 4.98 Å². The smallest absolute Gasteiger partial charge is 0.148 e. The van der Waals surface area contributed by atoms with Crippen molar-refractivity contribution in [3.8, 4) is 89.7 Å². The molecule has 0 spiro atoms. The van der Waals surface area contributed by atoms with Crippen molar-refractivity contribution in [1.29, 1.82) is 0 Å². The van der Waals surface area contributed by atoms with E-state index in [9.17, 15) is 5.11 Å². The maximum atomic E-state index is 12.8. The molecule has 0 fully saturated rings. The van der Waals surface area contributed by atoms with Gasteiger partial charge in [0.15, 0.2) is 0 Å². The summed E-state index contributed by atoms with van der Waals surface area (Å²) in [6.45, 7) is 23.9. The van der Waals surface area contributed by atoms with Crippen molar-refractivity contribution < 1.29 is 27.5 Å². The van der Waals surface area contributed by atoms with Crippen LogP contribution >= 0.6 is 0 Å². The molecular formula is C69H66N3OPt-. The Morgan fingerprint density at radius 3 is 1.68 bits per heavy atom. The van der Waals surface area contributed by atoms with Gasteiger partial charge < -0.3 is 5.11 Å². The molecule has 5 heteroatoms. The number of para-hydroxylation sites is 1. The minimum atomic E-state index is -0.691. The van der Waals surface area contributed by atoms with Crippen LogP contribution in [0.5, 0.6) is 5.75 Å². The van der Waals surface area contributed by atoms with Crippen LogP contribution in [0.4, 0.5) is 0 Å². The second kappa shape index (κ2) is 20.3. The van der Waals surface area contributed by atoms with Crippen molar-refractivity contribution in [2.75, 3.05) is 0 Å². The van der Waals surface area contributed by atoms with Gasteiger partial charge in [-0.05, 0) is 103 Å². The predicted molar refractivity (Wildman–Crippen MR) is 308 cm³/mol. The Hall–Kier alpha value is -7.13. The first-order valence-corrected chi connectivity index (χ1v) is 25.5. The number of pyridine rings is 1. The van der Waals surface area contributed by atoms with Gasteiger partial charge in [-0.15, -0.1) is 23.8 Å². The molecule has 2 heterocycles. The van der Waals surface area contributed by atoms with Crippen molar-refractivity contribution in [2.45, 2.75) is 98.3 Å². The number of phenolic OH excluding ortho intramolecular Hbond substituents is 1. The van der Waals surface area contributed by atoms with Gasteiger partial charge in [-0.2, -0.15) is 0 Å². The van der Waals surface area contributed by atoms with Crippen LogP contribution in [0.25, 0.3) is 95.0 Å². The fourth-order valence-electron chi connectivity index (χ4n) is 10.1. The van der Waals surface area contributed by atoms with E-state index in [4.69, 9.17) is 11.3 Å². The Bertz CT molecular complexity index is 3680. The van der Waals surface area contributed by atoms with Crippen LogP contribution in [-0.2, 0) is 37.3 Å². The first kappa shape index (κ1) is 50.4. The minimum Gasteiger partial charge on any atom is -0.507 e. The Balaban J connectivity index is 0.00000689. The number of aromatic hydroxyl groups is 1. The monoisotopic (exact) mass is 1150 g/mol. The van der Waals surface area contributed by atoms with Crippen LogP contribution in [0.3, 0.4) is 0 Å². The van der Waals surface area contributed by atoms with E-state index in [1.165, 1.54) is 5.56 Å². The number of phenols is 1. The zero-order valence-corrected chi connectivity index (χ0v) is 46.8. The molecule has 74 heavy (non-hydrogen) atoms. The number of rotatable bonds is 9. The van der Waals surface area contributed by atoms with E-state index in [0.717, 1.165) is 100 Å². The van der Waals surface area contributed by atoms with E-state index in [-0.39, 0.29) is 43.1 Å². The Kier molecular flexibility index (Phi) is 13.8. The third-order valence-corrected chi connectivity index (χ3v) is 14.2. The van der Waals surface area contributed by atoms with E-state index >= 15 is 0 Å². The van der Waals surface area contributed by atoms with Crippen molar-refractivity contribution in [1.82, 2.24) is 14.5 Å². The number of benzene rings is 8. The van der Waals surface area contributed by atoms with Crippen molar-refractivity contribution in [3.63, 3.8) is 0 Å². The quantitative estimate of drug-likeness (QED) is 0.147. The number of nitrogens with zero attached hydrogens (tertiary/aromatic N) is 3. The van der Waals surface area contributed by atoms with Gasteiger partial charge >= 0.3 is 0 Å². The van der Waals surface area contributed by atoms with Crippen LogP contribution in [0.15, 0.2) is 188 Å². The van der Waals surface area contributed by atoms with Crippen molar-refractivity contribution in [2.24, 2.45) is 0 Å². The summed E-state index contributed by atoms with van der Waals surface area (Å²) in [7, 11) is 0. The molecule has 0 aliphatic heterocycles. The second-order valence-electron chi connectivity index (χ2n) is 22.8. The summed E-state index contributed by atoms with van der Waals surface area (Å²) in [6, 6.07) is 68.1. The molecule has 0 radical (unpaired) electrons. The normalized spacial score (nSPS) is 12.4. The summed E-state index contributed by atoms with van der Waals surface area (Å²) in [6.07, 6.45) is 1.87. The molecule has 374 valence electrons. The molecule has 8 aromatic carbocycles. The van der Waals surface area contributed by atoms with Crippen molar-refractivity contribution >= 4 is 11.0 Å². The maximum Gasteiger partial charge on any atom is 0.148 e.